The summed E-state index contributed by atoms with van der Waals surface area (Å²) in [5, 5.41) is 1.10. The lowest BCUT2D eigenvalue weighted by Gasteiger charge is -2.30. The van der Waals surface area contributed by atoms with E-state index >= 15 is 0 Å². The van der Waals surface area contributed by atoms with Crippen LogP contribution in [0, 0.1) is 0 Å². The molecule has 0 saturated carbocycles. The summed E-state index contributed by atoms with van der Waals surface area (Å²) in [4.78, 5) is 19.7. The first kappa shape index (κ1) is 38.1. The van der Waals surface area contributed by atoms with Crippen LogP contribution in [0.4, 0.5) is 0 Å². The lowest BCUT2D eigenvalue weighted by molar-refractivity contribution is 0.794. The minimum Gasteiger partial charge on any atom is -0.256 e. The molecule has 0 bridgehead atoms. The minimum atomic E-state index is -0.378. The SMILES string of the molecule is C=C/C=C(\C=C)c1nc(-c2ccc(-c3cccc4cccnc34)cc2)nc(-c2cccc(-c3ccc(-c4cccc5c4-c4ccccc4C54c5ccccc5-c5ccccc54)cc3)c2)n1. The molecule has 0 N–H and O–H groups in total. The quantitative estimate of drug-likeness (QED) is 0.143. The average Bonchev–Trinajstić information content (AvgIpc) is 3.85. The predicted octanol–water partition coefficient (Wildman–Crippen LogP) is 14.9. The van der Waals surface area contributed by atoms with Gasteiger partial charge < -0.3 is 0 Å². The van der Waals surface area contributed by atoms with Crippen LogP contribution in [0.3, 0.4) is 0 Å². The van der Waals surface area contributed by atoms with Crippen LogP contribution in [-0.2, 0) is 5.41 Å². The molecule has 8 aromatic carbocycles. The van der Waals surface area contributed by atoms with Crippen LogP contribution in [0.1, 0.15) is 28.1 Å². The average molecular weight is 829 g/mol. The molecular formula is C61H40N4. The van der Waals surface area contributed by atoms with Crippen molar-refractivity contribution in [3.05, 3.63) is 260 Å². The van der Waals surface area contributed by atoms with E-state index in [-0.39, 0.29) is 5.41 Å². The van der Waals surface area contributed by atoms with E-state index in [0.29, 0.717) is 17.5 Å². The van der Waals surface area contributed by atoms with E-state index in [1.165, 1.54) is 55.6 Å². The van der Waals surface area contributed by atoms with Crippen molar-refractivity contribution < 1.29 is 0 Å². The van der Waals surface area contributed by atoms with Gasteiger partial charge in [0.2, 0.25) is 0 Å². The number of hydrogen-bond donors (Lipinski definition) is 0. The molecule has 1 spiro atoms. The van der Waals surface area contributed by atoms with Crippen LogP contribution < -0.4 is 0 Å². The summed E-state index contributed by atoms with van der Waals surface area (Å²) in [6.07, 6.45) is 7.19. The Hall–Kier alpha value is -8.60. The van der Waals surface area contributed by atoms with Crippen molar-refractivity contribution in [1.82, 2.24) is 19.9 Å². The van der Waals surface area contributed by atoms with Gasteiger partial charge in [0.05, 0.1) is 10.9 Å². The molecule has 65 heavy (non-hydrogen) atoms. The molecule has 2 aliphatic rings. The Balaban J connectivity index is 0.914. The number of fused-ring (bicyclic) bond motifs is 11. The molecule has 12 rings (SSSR count). The van der Waals surface area contributed by atoms with Gasteiger partial charge in [0.25, 0.3) is 0 Å². The van der Waals surface area contributed by atoms with Gasteiger partial charge in [-0.25, -0.2) is 15.0 Å². The molecule has 0 saturated heterocycles. The van der Waals surface area contributed by atoms with Gasteiger partial charge in [-0.05, 0) is 84.5 Å². The van der Waals surface area contributed by atoms with E-state index in [0.717, 1.165) is 49.9 Å². The summed E-state index contributed by atoms with van der Waals surface area (Å²) in [6, 6.07) is 69.8. The second-order valence-corrected chi connectivity index (χ2v) is 16.6. The molecule has 0 aliphatic heterocycles. The van der Waals surface area contributed by atoms with Crippen LogP contribution in [0.2, 0.25) is 0 Å². The molecule has 4 heteroatoms. The topological polar surface area (TPSA) is 51.6 Å². The first-order valence-electron chi connectivity index (χ1n) is 21.9. The highest BCUT2D eigenvalue weighted by Crippen LogP contribution is 2.63. The Morgan fingerprint density at radius 3 is 1.65 bits per heavy atom. The highest BCUT2D eigenvalue weighted by atomic mass is 15.0. The number of rotatable bonds is 8. The summed E-state index contributed by atoms with van der Waals surface area (Å²) in [7, 11) is 0. The molecule has 2 aromatic heterocycles. The zero-order chi connectivity index (χ0) is 43.5. The molecule has 2 heterocycles. The number of nitrogens with zero attached hydrogens (tertiary/aromatic N) is 4. The largest absolute Gasteiger partial charge is 0.256 e. The number of pyridine rings is 1. The zero-order valence-corrected chi connectivity index (χ0v) is 35.5. The lowest BCUT2D eigenvalue weighted by Crippen LogP contribution is -2.25. The summed E-state index contributed by atoms with van der Waals surface area (Å²) >= 11 is 0. The second-order valence-electron chi connectivity index (χ2n) is 16.6. The fourth-order valence-corrected chi connectivity index (χ4v) is 10.3. The second kappa shape index (κ2) is 15.3. The molecule has 304 valence electrons. The number of hydrogen-bond acceptors (Lipinski definition) is 4. The van der Waals surface area contributed by atoms with Crippen molar-refractivity contribution in [3.63, 3.8) is 0 Å². The molecule has 4 nitrogen and oxygen atoms in total. The number of para-hydroxylation sites is 1. The van der Waals surface area contributed by atoms with E-state index in [4.69, 9.17) is 15.0 Å². The van der Waals surface area contributed by atoms with E-state index in [1.54, 1.807) is 12.2 Å². The van der Waals surface area contributed by atoms with E-state index in [1.807, 2.05) is 18.3 Å². The fraction of sp³-hybridized carbons (Fsp3) is 0.0164. The van der Waals surface area contributed by atoms with Gasteiger partial charge in [0, 0.05) is 33.8 Å². The third kappa shape index (κ3) is 5.99. The van der Waals surface area contributed by atoms with Gasteiger partial charge in [-0.1, -0.05) is 213 Å². The normalized spacial score (nSPS) is 13.0. The highest BCUT2D eigenvalue weighted by molar-refractivity contribution is 6.00. The fourth-order valence-electron chi connectivity index (χ4n) is 10.3. The standard InChI is InChI=1S/C61H40N4/c1-3-15-39(4-2)58-63-59(44-35-33-42(34-36-44)48-24-12-16-43-19-14-37-62-57(43)48)65-60(64-58)46-18-11-17-45(38-46)40-29-31-41(32-30-40)47-23-13-28-55-56(47)51-22-7-10-27-54(51)61(55)52-25-8-5-20-49(52)50-21-6-9-26-53(50)61/h3-38H,1-2H2/b39-15+. The Bertz CT molecular complexity index is 3530. The Morgan fingerprint density at radius 1 is 0.415 bits per heavy atom. The van der Waals surface area contributed by atoms with Crippen molar-refractivity contribution in [2.24, 2.45) is 0 Å². The van der Waals surface area contributed by atoms with E-state index in [2.05, 4.69) is 206 Å². The van der Waals surface area contributed by atoms with Gasteiger partial charge in [0.1, 0.15) is 0 Å². The monoisotopic (exact) mass is 828 g/mol. The number of aromatic nitrogens is 4. The Kier molecular flexibility index (Phi) is 8.99. The molecule has 10 aromatic rings. The minimum absolute atomic E-state index is 0.378. The third-order valence-corrected chi connectivity index (χ3v) is 13.2. The summed E-state index contributed by atoms with van der Waals surface area (Å²) in [6.45, 7) is 7.98. The maximum atomic E-state index is 5.08. The van der Waals surface area contributed by atoms with Gasteiger partial charge >= 0.3 is 0 Å². The van der Waals surface area contributed by atoms with E-state index < -0.39 is 0 Å². The highest BCUT2D eigenvalue weighted by Gasteiger charge is 2.51. The van der Waals surface area contributed by atoms with Gasteiger partial charge in [0.15, 0.2) is 17.5 Å². The van der Waals surface area contributed by atoms with Crippen LogP contribution >= 0.6 is 0 Å². The Labute approximate surface area is 378 Å². The van der Waals surface area contributed by atoms with Gasteiger partial charge in [-0.15, -0.1) is 0 Å². The van der Waals surface area contributed by atoms with Crippen LogP contribution in [0.5, 0.6) is 0 Å². The van der Waals surface area contributed by atoms with E-state index in [9.17, 15) is 0 Å². The van der Waals surface area contributed by atoms with Crippen molar-refractivity contribution >= 4 is 16.5 Å². The molecule has 0 unspecified atom stereocenters. The smallest absolute Gasteiger partial charge is 0.164 e. The Morgan fingerprint density at radius 2 is 0.938 bits per heavy atom. The molecule has 0 atom stereocenters. The maximum Gasteiger partial charge on any atom is 0.164 e. The van der Waals surface area contributed by atoms with Crippen molar-refractivity contribution in [1.29, 1.82) is 0 Å². The lowest BCUT2D eigenvalue weighted by atomic mass is 9.70. The van der Waals surface area contributed by atoms with Crippen molar-refractivity contribution in [2.75, 3.05) is 0 Å². The van der Waals surface area contributed by atoms with Crippen LogP contribution in [-0.4, -0.2) is 19.9 Å². The molecule has 0 radical (unpaired) electrons. The summed E-state index contributed by atoms with van der Waals surface area (Å²) in [5.41, 5.74) is 20.4. The van der Waals surface area contributed by atoms with Crippen molar-refractivity contribution in [2.45, 2.75) is 5.41 Å². The van der Waals surface area contributed by atoms with Crippen LogP contribution in [0.25, 0.3) is 94.9 Å². The molecular weight excluding hydrogens is 789 g/mol. The first-order valence-corrected chi connectivity index (χ1v) is 21.9. The van der Waals surface area contributed by atoms with Gasteiger partial charge in [-0.3, -0.25) is 4.98 Å². The maximum absolute atomic E-state index is 5.08. The van der Waals surface area contributed by atoms with Crippen LogP contribution in [0.15, 0.2) is 232 Å². The predicted molar refractivity (Wildman–Crippen MR) is 267 cm³/mol. The molecule has 2 aliphatic carbocycles. The molecule has 0 fully saturated rings. The van der Waals surface area contributed by atoms with Crippen molar-refractivity contribution in [3.8, 4) is 78.4 Å². The molecule has 0 amide bonds. The van der Waals surface area contributed by atoms with Gasteiger partial charge in [-0.2, -0.15) is 0 Å². The summed E-state index contributed by atoms with van der Waals surface area (Å²) < 4.78 is 0. The summed E-state index contributed by atoms with van der Waals surface area (Å²) in [5.74, 6) is 1.67. The third-order valence-electron chi connectivity index (χ3n) is 13.2. The number of benzene rings is 8. The first-order chi connectivity index (χ1) is 32.1. The zero-order valence-electron chi connectivity index (χ0n) is 35.5. The number of allylic oxidation sites excluding steroid dienone is 4.